The maximum absolute atomic E-state index is 5.88. The van der Waals surface area contributed by atoms with E-state index in [9.17, 15) is 0 Å². The van der Waals surface area contributed by atoms with Gasteiger partial charge in [-0.15, -0.1) is 11.6 Å². The van der Waals surface area contributed by atoms with Gasteiger partial charge in [-0.05, 0) is 38.8 Å². The monoisotopic (exact) mass is 285 g/mol. The van der Waals surface area contributed by atoms with Crippen LogP contribution in [0.15, 0.2) is 12.1 Å². The van der Waals surface area contributed by atoms with Gasteiger partial charge in [-0.25, -0.2) is 4.98 Å². The second kappa shape index (κ2) is 7.71. The summed E-state index contributed by atoms with van der Waals surface area (Å²) in [6, 6.07) is 3.93. The number of ether oxygens (including phenoxy) is 2. The number of hydrogen-bond acceptors (Lipinski definition) is 3. The van der Waals surface area contributed by atoms with Crippen molar-refractivity contribution in [1.29, 1.82) is 0 Å². The molecule has 0 bridgehead atoms. The van der Waals surface area contributed by atoms with Crippen LogP contribution >= 0.6 is 11.6 Å². The van der Waals surface area contributed by atoms with Crippen molar-refractivity contribution in [2.24, 2.45) is 0 Å². The largest absolute Gasteiger partial charge is 0.475 e. The molecule has 1 heterocycles. The Morgan fingerprint density at radius 3 is 2.53 bits per heavy atom. The maximum atomic E-state index is 5.88. The minimum Gasteiger partial charge on any atom is -0.475 e. The highest BCUT2D eigenvalue weighted by molar-refractivity contribution is 6.17. The van der Waals surface area contributed by atoms with Crippen molar-refractivity contribution >= 4 is 11.6 Å². The third-order valence-corrected chi connectivity index (χ3v) is 2.75. The van der Waals surface area contributed by atoms with Gasteiger partial charge in [-0.2, -0.15) is 0 Å². The lowest BCUT2D eigenvalue weighted by Gasteiger charge is -2.19. The van der Waals surface area contributed by atoms with Crippen LogP contribution in [0, 0.1) is 0 Å². The molecular weight excluding hydrogens is 262 g/mol. The molecule has 108 valence electrons. The Morgan fingerprint density at radius 2 is 1.95 bits per heavy atom. The Bertz CT molecular complexity index is 388. The van der Waals surface area contributed by atoms with E-state index < -0.39 is 0 Å². The molecule has 1 aromatic rings. The highest BCUT2D eigenvalue weighted by Gasteiger charge is 2.09. The van der Waals surface area contributed by atoms with Crippen LogP contribution in [0.2, 0.25) is 0 Å². The molecular formula is C15H24ClNO2. The molecule has 1 aromatic heterocycles. The molecule has 1 rings (SSSR count). The van der Waals surface area contributed by atoms with Crippen molar-refractivity contribution in [3.05, 3.63) is 23.4 Å². The van der Waals surface area contributed by atoms with E-state index in [0.29, 0.717) is 25.0 Å². The zero-order chi connectivity index (χ0) is 14.3. The van der Waals surface area contributed by atoms with Gasteiger partial charge in [0, 0.05) is 17.6 Å². The first-order valence-corrected chi connectivity index (χ1v) is 7.30. The van der Waals surface area contributed by atoms with Gasteiger partial charge in [0.1, 0.15) is 6.61 Å². The summed E-state index contributed by atoms with van der Waals surface area (Å²) in [6.07, 6.45) is 2.00. The average Bonchev–Trinajstić information content (AvgIpc) is 2.34. The van der Waals surface area contributed by atoms with Crippen molar-refractivity contribution in [2.75, 3.05) is 13.2 Å². The Kier molecular flexibility index (Phi) is 6.59. The van der Waals surface area contributed by atoms with E-state index in [-0.39, 0.29) is 5.60 Å². The van der Waals surface area contributed by atoms with Gasteiger partial charge >= 0.3 is 0 Å². The van der Waals surface area contributed by atoms with Crippen LogP contribution in [0.5, 0.6) is 5.88 Å². The van der Waals surface area contributed by atoms with Gasteiger partial charge in [0.15, 0.2) is 0 Å². The Balaban J connectivity index is 2.54. The third kappa shape index (κ3) is 6.79. The minimum atomic E-state index is -0.137. The molecule has 3 nitrogen and oxygen atoms in total. The third-order valence-electron chi connectivity index (χ3n) is 2.44. The molecule has 0 aliphatic heterocycles. The summed E-state index contributed by atoms with van der Waals surface area (Å²) in [7, 11) is 0. The lowest BCUT2D eigenvalue weighted by molar-refractivity contribution is -0.0168. The van der Waals surface area contributed by atoms with Crippen LogP contribution in [-0.4, -0.2) is 23.8 Å². The summed E-state index contributed by atoms with van der Waals surface area (Å²) < 4.78 is 11.2. The summed E-state index contributed by atoms with van der Waals surface area (Å²) in [4.78, 5) is 4.47. The quantitative estimate of drug-likeness (QED) is 0.561. The van der Waals surface area contributed by atoms with E-state index in [2.05, 4.69) is 11.9 Å². The Morgan fingerprint density at radius 1 is 1.21 bits per heavy atom. The fraction of sp³-hybridized carbons (Fsp3) is 0.667. The number of alkyl halides is 1. The molecule has 0 radical (unpaired) electrons. The van der Waals surface area contributed by atoms with E-state index in [4.69, 9.17) is 21.1 Å². The summed E-state index contributed by atoms with van der Waals surface area (Å²) >= 11 is 5.88. The zero-order valence-corrected chi connectivity index (χ0v) is 13.1. The van der Waals surface area contributed by atoms with Gasteiger partial charge in [0.25, 0.3) is 0 Å². The van der Waals surface area contributed by atoms with Crippen molar-refractivity contribution in [2.45, 2.75) is 52.0 Å². The van der Waals surface area contributed by atoms with Crippen LogP contribution in [0.25, 0.3) is 0 Å². The SMILES string of the molecule is CCCc1cc(CCl)cc(OCCOC(C)(C)C)n1. The van der Waals surface area contributed by atoms with Crippen LogP contribution in [0.1, 0.15) is 45.4 Å². The first-order valence-electron chi connectivity index (χ1n) is 6.77. The summed E-state index contributed by atoms with van der Waals surface area (Å²) in [5, 5.41) is 0. The van der Waals surface area contributed by atoms with Gasteiger partial charge in [0.2, 0.25) is 5.88 Å². The van der Waals surface area contributed by atoms with Crippen LogP contribution in [-0.2, 0) is 17.0 Å². The standard InChI is InChI=1S/C15H24ClNO2/c1-5-6-13-9-12(11-16)10-14(17-13)18-7-8-19-15(2,3)4/h9-10H,5-8,11H2,1-4H3. The van der Waals surface area contributed by atoms with E-state index in [1.165, 1.54) is 0 Å². The van der Waals surface area contributed by atoms with Crippen molar-refractivity contribution in [3.63, 3.8) is 0 Å². The molecule has 0 aliphatic rings. The number of nitrogens with zero attached hydrogens (tertiary/aromatic N) is 1. The number of hydrogen-bond donors (Lipinski definition) is 0. The number of pyridine rings is 1. The Labute approximate surface area is 121 Å². The highest BCUT2D eigenvalue weighted by atomic mass is 35.5. The molecule has 0 N–H and O–H groups in total. The number of rotatable bonds is 7. The molecule has 0 fully saturated rings. The van der Waals surface area contributed by atoms with Gasteiger partial charge in [-0.3, -0.25) is 0 Å². The molecule has 0 unspecified atom stereocenters. The summed E-state index contributed by atoms with van der Waals surface area (Å²) in [5.74, 6) is 1.12. The molecule has 0 saturated carbocycles. The predicted octanol–water partition coefficient (Wildman–Crippen LogP) is 3.97. The van der Waals surface area contributed by atoms with Crippen molar-refractivity contribution in [3.8, 4) is 5.88 Å². The fourth-order valence-corrected chi connectivity index (χ4v) is 1.80. The molecule has 4 heteroatoms. The summed E-state index contributed by atoms with van der Waals surface area (Å²) in [5.41, 5.74) is 1.95. The zero-order valence-electron chi connectivity index (χ0n) is 12.3. The van der Waals surface area contributed by atoms with E-state index >= 15 is 0 Å². The smallest absolute Gasteiger partial charge is 0.213 e. The van der Waals surface area contributed by atoms with Crippen LogP contribution in [0.3, 0.4) is 0 Å². The molecule has 0 saturated heterocycles. The number of aromatic nitrogens is 1. The van der Waals surface area contributed by atoms with Crippen molar-refractivity contribution in [1.82, 2.24) is 4.98 Å². The number of aryl methyl sites for hydroxylation is 1. The van der Waals surface area contributed by atoms with Gasteiger partial charge in [-0.1, -0.05) is 13.3 Å². The number of halogens is 1. The average molecular weight is 286 g/mol. The predicted molar refractivity (Wildman–Crippen MR) is 79.0 cm³/mol. The molecule has 0 spiro atoms. The fourth-order valence-electron chi connectivity index (χ4n) is 1.65. The van der Waals surface area contributed by atoms with Crippen LogP contribution in [0.4, 0.5) is 0 Å². The normalized spacial score (nSPS) is 11.6. The first-order chi connectivity index (χ1) is 8.94. The molecule has 0 aromatic carbocycles. The second-order valence-electron chi connectivity index (χ2n) is 5.50. The summed E-state index contributed by atoms with van der Waals surface area (Å²) in [6.45, 7) is 9.27. The second-order valence-corrected chi connectivity index (χ2v) is 5.77. The molecule has 0 amide bonds. The highest BCUT2D eigenvalue weighted by Crippen LogP contribution is 2.16. The first kappa shape index (κ1) is 16.3. The topological polar surface area (TPSA) is 31.4 Å². The van der Waals surface area contributed by atoms with Crippen molar-refractivity contribution < 1.29 is 9.47 Å². The maximum Gasteiger partial charge on any atom is 0.213 e. The Hall–Kier alpha value is -0.800. The molecule has 0 atom stereocenters. The lowest BCUT2D eigenvalue weighted by Crippen LogP contribution is -2.22. The van der Waals surface area contributed by atoms with Crippen LogP contribution < -0.4 is 4.74 Å². The molecule has 19 heavy (non-hydrogen) atoms. The van der Waals surface area contributed by atoms with E-state index in [0.717, 1.165) is 24.1 Å². The molecule has 0 aliphatic carbocycles. The van der Waals surface area contributed by atoms with Gasteiger partial charge < -0.3 is 9.47 Å². The minimum absolute atomic E-state index is 0.137. The lowest BCUT2D eigenvalue weighted by atomic mass is 10.2. The van der Waals surface area contributed by atoms with E-state index in [1.807, 2.05) is 32.9 Å². The van der Waals surface area contributed by atoms with Gasteiger partial charge in [0.05, 0.1) is 12.2 Å². The van der Waals surface area contributed by atoms with E-state index in [1.54, 1.807) is 0 Å².